The number of fused-ring (bicyclic) bond motifs is 2. The van der Waals surface area contributed by atoms with Gasteiger partial charge in [-0.2, -0.15) is 0 Å². The van der Waals surface area contributed by atoms with Crippen molar-refractivity contribution in [3.8, 4) is 0 Å². The molecule has 4 rings (SSSR count). The van der Waals surface area contributed by atoms with Gasteiger partial charge in [0.2, 0.25) is 0 Å². The fraction of sp³-hybridized carbons (Fsp3) is 0.550. The molecule has 2 fully saturated rings. The Morgan fingerprint density at radius 1 is 1.20 bits per heavy atom. The Hall–Kier alpha value is -2.17. The van der Waals surface area contributed by atoms with Gasteiger partial charge in [-0.3, -0.25) is 14.8 Å². The van der Waals surface area contributed by atoms with Gasteiger partial charge in [0.25, 0.3) is 5.91 Å². The van der Waals surface area contributed by atoms with Gasteiger partial charge in [0.1, 0.15) is 5.69 Å². The van der Waals surface area contributed by atoms with Gasteiger partial charge >= 0.3 is 0 Å². The standard InChI is InChI=1S/C20H26N4O/c1-15-4-5-17(22-12-15)18(25)23-19-6-3-7-20(14-19,9-8-19)24-11-10-21-13-16(24)2/h4-5,10,12-13H,3,6-9,11,14H2,1-2H3,(H,23,25). The molecule has 0 aromatic carbocycles. The van der Waals surface area contributed by atoms with E-state index in [0.717, 1.165) is 44.2 Å². The van der Waals surface area contributed by atoms with Crippen molar-refractivity contribution < 1.29 is 4.79 Å². The van der Waals surface area contributed by atoms with Gasteiger partial charge in [0, 0.05) is 35.4 Å². The molecule has 2 bridgehead atoms. The van der Waals surface area contributed by atoms with Crippen molar-refractivity contribution >= 4 is 12.1 Å². The Bertz CT molecular complexity index is 739. The summed E-state index contributed by atoms with van der Waals surface area (Å²) in [7, 11) is 0. The highest BCUT2D eigenvalue weighted by Crippen LogP contribution is 2.52. The van der Waals surface area contributed by atoms with Gasteiger partial charge in [-0.1, -0.05) is 6.07 Å². The van der Waals surface area contributed by atoms with E-state index in [1.165, 1.54) is 12.1 Å². The van der Waals surface area contributed by atoms with Crippen molar-refractivity contribution in [2.45, 2.75) is 63.5 Å². The Morgan fingerprint density at radius 2 is 2.08 bits per heavy atom. The van der Waals surface area contributed by atoms with Crippen LogP contribution in [0.5, 0.6) is 0 Å². The average Bonchev–Trinajstić information content (AvgIpc) is 2.87. The van der Waals surface area contributed by atoms with Gasteiger partial charge in [-0.25, -0.2) is 0 Å². The molecule has 5 heteroatoms. The SMILES string of the molecule is CC1=CN=CCN1C12CCCC(NC(=O)c3ccc(C)cn3)(CC1)C2. The number of carbonyl (C=O) groups excluding carboxylic acids is 1. The van der Waals surface area contributed by atoms with Crippen LogP contribution in [0.25, 0.3) is 0 Å². The van der Waals surface area contributed by atoms with Gasteiger partial charge in [-0.15, -0.1) is 0 Å². The van der Waals surface area contributed by atoms with Crippen LogP contribution in [-0.2, 0) is 0 Å². The fourth-order valence-electron chi connectivity index (χ4n) is 4.97. The van der Waals surface area contributed by atoms with Crippen molar-refractivity contribution in [2.24, 2.45) is 4.99 Å². The summed E-state index contributed by atoms with van der Waals surface area (Å²) < 4.78 is 0. The molecule has 3 aliphatic rings. The number of aromatic nitrogens is 1. The number of aliphatic imine (C=N–C) groups is 1. The quantitative estimate of drug-likeness (QED) is 0.921. The first-order chi connectivity index (χ1) is 12.0. The lowest BCUT2D eigenvalue weighted by Crippen LogP contribution is -2.55. The fourth-order valence-corrected chi connectivity index (χ4v) is 4.97. The number of rotatable bonds is 3. The zero-order valence-corrected chi connectivity index (χ0v) is 15.1. The zero-order valence-electron chi connectivity index (χ0n) is 15.1. The van der Waals surface area contributed by atoms with Crippen molar-refractivity contribution in [2.75, 3.05) is 6.54 Å². The second-order valence-electron chi connectivity index (χ2n) is 7.92. The lowest BCUT2D eigenvalue weighted by Gasteiger charge is -2.48. The lowest BCUT2D eigenvalue weighted by molar-refractivity contribution is 0.0766. The van der Waals surface area contributed by atoms with Gasteiger partial charge in [-0.05, 0) is 64.0 Å². The van der Waals surface area contributed by atoms with Crippen LogP contribution in [-0.4, -0.2) is 39.6 Å². The number of nitrogens with zero attached hydrogens (tertiary/aromatic N) is 3. The van der Waals surface area contributed by atoms with E-state index in [4.69, 9.17) is 0 Å². The first kappa shape index (κ1) is 16.3. The number of amides is 1. The monoisotopic (exact) mass is 338 g/mol. The highest BCUT2D eigenvalue weighted by atomic mass is 16.2. The molecule has 2 unspecified atom stereocenters. The first-order valence-electron chi connectivity index (χ1n) is 9.23. The van der Waals surface area contributed by atoms with Gasteiger partial charge in [0.15, 0.2) is 0 Å². The van der Waals surface area contributed by atoms with E-state index < -0.39 is 0 Å². The Morgan fingerprint density at radius 3 is 2.84 bits per heavy atom. The van der Waals surface area contributed by atoms with Crippen LogP contribution < -0.4 is 5.32 Å². The summed E-state index contributed by atoms with van der Waals surface area (Å²) in [4.78, 5) is 23.8. The molecule has 1 aromatic rings. The van der Waals surface area contributed by atoms with E-state index in [2.05, 4.69) is 27.1 Å². The normalized spacial score (nSPS) is 31.0. The zero-order chi connectivity index (χ0) is 17.5. The molecular weight excluding hydrogens is 312 g/mol. The molecule has 1 amide bonds. The molecule has 1 aliphatic heterocycles. The smallest absolute Gasteiger partial charge is 0.270 e. The third-order valence-corrected chi connectivity index (χ3v) is 6.19. The highest BCUT2D eigenvalue weighted by molar-refractivity contribution is 5.92. The van der Waals surface area contributed by atoms with E-state index >= 15 is 0 Å². The van der Waals surface area contributed by atoms with Crippen molar-refractivity contribution in [3.05, 3.63) is 41.5 Å². The number of aryl methyl sites for hydroxylation is 1. The number of allylic oxidation sites excluding steroid dienone is 1. The molecule has 2 heterocycles. The Balaban J connectivity index is 1.53. The molecule has 2 aliphatic carbocycles. The van der Waals surface area contributed by atoms with Crippen LogP contribution in [0.1, 0.15) is 61.5 Å². The minimum atomic E-state index is -0.0865. The molecule has 2 saturated carbocycles. The minimum Gasteiger partial charge on any atom is -0.363 e. The molecule has 132 valence electrons. The van der Waals surface area contributed by atoms with Crippen LogP contribution in [0.3, 0.4) is 0 Å². The summed E-state index contributed by atoms with van der Waals surface area (Å²) >= 11 is 0. The van der Waals surface area contributed by atoms with Gasteiger partial charge < -0.3 is 10.2 Å². The molecule has 1 N–H and O–H groups in total. The number of hydrogen-bond acceptors (Lipinski definition) is 4. The maximum Gasteiger partial charge on any atom is 0.270 e. The number of hydrogen-bond donors (Lipinski definition) is 1. The molecule has 1 aromatic heterocycles. The Labute approximate surface area is 149 Å². The van der Waals surface area contributed by atoms with Crippen LogP contribution in [0.2, 0.25) is 0 Å². The van der Waals surface area contributed by atoms with E-state index in [-0.39, 0.29) is 17.0 Å². The van der Waals surface area contributed by atoms with Gasteiger partial charge in [0.05, 0.1) is 6.54 Å². The minimum absolute atomic E-state index is 0.0369. The third-order valence-electron chi connectivity index (χ3n) is 6.19. The predicted molar refractivity (Wildman–Crippen MR) is 98.6 cm³/mol. The summed E-state index contributed by atoms with van der Waals surface area (Å²) in [6.45, 7) is 5.01. The van der Waals surface area contributed by atoms with Crippen molar-refractivity contribution in [3.63, 3.8) is 0 Å². The summed E-state index contributed by atoms with van der Waals surface area (Å²) in [6, 6.07) is 3.76. The number of pyridine rings is 1. The molecule has 5 nitrogen and oxygen atoms in total. The van der Waals surface area contributed by atoms with E-state index in [1.54, 1.807) is 6.20 Å². The number of nitrogens with one attached hydrogen (secondary N) is 1. The van der Waals surface area contributed by atoms with E-state index in [9.17, 15) is 4.79 Å². The second-order valence-corrected chi connectivity index (χ2v) is 7.92. The van der Waals surface area contributed by atoms with Crippen molar-refractivity contribution in [1.29, 1.82) is 0 Å². The predicted octanol–water partition coefficient (Wildman–Crippen LogP) is 3.21. The maximum absolute atomic E-state index is 12.7. The number of carbonyl (C=O) groups is 1. The van der Waals surface area contributed by atoms with E-state index in [1.807, 2.05) is 31.5 Å². The lowest BCUT2D eigenvalue weighted by atomic mass is 9.77. The second kappa shape index (κ2) is 5.97. The molecular formula is C20H26N4O. The summed E-state index contributed by atoms with van der Waals surface area (Å²) in [5, 5.41) is 3.36. The van der Waals surface area contributed by atoms with Crippen LogP contribution >= 0.6 is 0 Å². The van der Waals surface area contributed by atoms with Crippen molar-refractivity contribution in [1.82, 2.24) is 15.2 Å². The Kier molecular flexibility index (Phi) is 3.89. The summed E-state index contributed by atoms with van der Waals surface area (Å²) in [5.74, 6) is -0.0369. The summed E-state index contributed by atoms with van der Waals surface area (Å²) in [5.41, 5.74) is 2.91. The van der Waals surface area contributed by atoms with Crippen LogP contribution in [0.4, 0.5) is 0 Å². The van der Waals surface area contributed by atoms with Crippen LogP contribution in [0.15, 0.2) is 35.2 Å². The first-order valence-corrected chi connectivity index (χ1v) is 9.23. The third kappa shape index (κ3) is 2.86. The average molecular weight is 338 g/mol. The molecule has 0 spiro atoms. The van der Waals surface area contributed by atoms with Crippen LogP contribution in [0, 0.1) is 6.92 Å². The topological polar surface area (TPSA) is 57.6 Å². The molecule has 25 heavy (non-hydrogen) atoms. The summed E-state index contributed by atoms with van der Waals surface area (Å²) in [6.07, 6.45) is 12.3. The van der Waals surface area contributed by atoms with E-state index in [0.29, 0.717) is 5.69 Å². The molecule has 0 saturated heterocycles. The molecule has 2 atom stereocenters. The largest absolute Gasteiger partial charge is 0.363 e. The molecule has 0 radical (unpaired) electrons. The highest BCUT2D eigenvalue weighted by Gasteiger charge is 2.54. The maximum atomic E-state index is 12.7.